The molecule has 5 nitrogen and oxygen atoms in total. The van der Waals surface area contributed by atoms with Crippen molar-refractivity contribution in [2.45, 2.75) is 25.8 Å². The zero-order chi connectivity index (χ0) is 14.4. The summed E-state index contributed by atoms with van der Waals surface area (Å²) in [6, 6.07) is 3.61. The molecule has 0 radical (unpaired) electrons. The monoisotopic (exact) mass is 273 g/mol. The molecule has 1 aliphatic rings. The summed E-state index contributed by atoms with van der Waals surface area (Å²) in [6.07, 6.45) is 8.10. The fourth-order valence-electron chi connectivity index (χ4n) is 2.26. The average Bonchev–Trinajstić information content (AvgIpc) is 2.49. The van der Waals surface area contributed by atoms with Gasteiger partial charge in [-0.15, -0.1) is 0 Å². The van der Waals surface area contributed by atoms with Crippen LogP contribution in [0.1, 0.15) is 30.1 Å². The van der Waals surface area contributed by atoms with Crippen LogP contribution >= 0.6 is 0 Å². The number of nitrogens with zero attached hydrogens (tertiary/aromatic N) is 2. The Morgan fingerprint density at radius 2 is 2.15 bits per heavy atom. The quantitative estimate of drug-likeness (QED) is 0.846. The third-order valence-electron chi connectivity index (χ3n) is 3.37. The molecule has 106 valence electrons. The van der Waals surface area contributed by atoms with Crippen molar-refractivity contribution in [3.8, 4) is 0 Å². The number of hydrogen-bond acceptors (Lipinski definition) is 3. The first-order chi connectivity index (χ1) is 9.70. The van der Waals surface area contributed by atoms with Crippen molar-refractivity contribution in [3.05, 3.63) is 42.2 Å². The minimum Gasteiger partial charge on any atom is -0.349 e. The standard InChI is InChI=1S/C15H19N3O2/c1-2-4-14(19)18-9-6-13(7-10-18)17-15(20)12-5-3-8-16-11-12/h2-5,8,11,13H,6-7,9-10H2,1H3,(H,17,20)/b4-2+. The van der Waals surface area contributed by atoms with Crippen LogP contribution in [-0.4, -0.2) is 40.8 Å². The molecule has 20 heavy (non-hydrogen) atoms. The van der Waals surface area contributed by atoms with E-state index in [1.807, 2.05) is 11.8 Å². The average molecular weight is 273 g/mol. The van der Waals surface area contributed by atoms with Gasteiger partial charge in [-0.2, -0.15) is 0 Å². The first kappa shape index (κ1) is 14.2. The van der Waals surface area contributed by atoms with Gasteiger partial charge >= 0.3 is 0 Å². The minimum absolute atomic E-state index is 0.0459. The molecular weight excluding hydrogens is 254 g/mol. The van der Waals surface area contributed by atoms with Crippen LogP contribution in [0.3, 0.4) is 0 Å². The molecule has 0 unspecified atom stereocenters. The fourth-order valence-corrected chi connectivity index (χ4v) is 2.26. The van der Waals surface area contributed by atoms with E-state index < -0.39 is 0 Å². The van der Waals surface area contributed by atoms with Gasteiger partial charge in [-0.05, 0) is 38.0 Å². The molecule has 5 heteroatoms. The lowest BCUT2D eigenvalue weighted by Crippen LogP contribution is -2.46. The Morgan fingerprint density at radius 3 is 2.75 bits per heavy atom. The summed E-state index contributed by atoms with van der Waals surface area (Å²) >= 11 is 0. The molecule has 2 rings (SSSR count). The maximum atomic E-state index is 12.0. The molecule has 1 aliphatic heterocycles. The lowest BCUT2D eigenvalue weighted by atomic mass is 10.0. The van der Waals surface area contributed by atoms with E-state index in [-0.39, 0.29) is 17.9 Å². The number of rotatable bonds is 3. The number of amides is 2. The highest BCUT2D eigenvalue weighted by Gasteiger charge is 2.22. The van der Waals surface area contributed by atoms with Crippen molar-refractivity contribution < 1.29 is 9.59 Å². The predicted octanol–water partition coefficient (Wildman–Crippen LogP) is 1.38. The highest BCUT2D eigenvalue weighted by Crippen LogP contribution is 2.11. The van der Waals surface area contributed by atoms with Gasteiger partial charge in [-0.3, -0.25) is 14.6 Å². The van der Waals surface area contributed by atoms with E-state index >= 15 is 0 Å². The summed E-state index contributed by atoms with van der Waals surface area (Å²) in [5.41, 5.74) is 0.569. The van der Waals surface area contributed by atoms with E-state index in [0.29, 0.717) is 18.7 Å². The van der Waals surface area contributed by atoms with Crippen LogP contribution in [0, 0.1) is 0 Å². The van der Waals surface area contributed by atoms with E-state index in [1.165, 1.54) is 0 Å². The molecule has 0 saturated carbocycles. The van der Waals surface area contributed by atoms with Gasteiger partial charge in [0.1, 0.15) is 0 Å². The van der Waals surface area contributed by atoms with E-state index in [1.54, 1.807) is 36.7 Å². The van der Waals surface area contributed by atoms with Crippen LogP contribution in [0.5, 0.6) is 0 Å². The lowest BCUT2D eigenvalue weighted by molar-refractivity contribution is -0.127. The summed E-state index contributed by atoms with van der Waals surface area (Å²) < 4.78 is 0. The predicted molar refractivity (Wildman–Crippen MR) is 76.1 cm³/mol. The van der Waals surface area contributed by atoms with Gasteiger partial charge in [0.2, 0.25) is 5.91 Å². The number of carbonyl (C=O) groups excluding carboxylic acids is 2. The highest BCUT2D eigenvalue weighted by atomic mass is 16.2. The maximum absolute atomic E-state index is 12.0. The number of carbonyl (C=O) groups is 2. The molecule has 0 aliphatic carbocycles. The number of hydrogen-bond donors (Lipinski definition) is 1. The van der Waals surface area contributed by atoms with E-state index in [2.05, 4.69) is 10.3 Å². The molecule has 0 spiro atoms. The Labute approximate surface area is 118 Å². The van der Waals surface area contributed by atoms with Gasteiger partial charge in [0.25, 0.3) is 5.91 Å². The SMILES string of the molecule is C/C=C/C(=O)N1CCC(NC(=O)c2cccnc2)CC1. The fraction of sp³-hybridized carbons (Fsp3) is 0.400. The van der Waals surface area contributed by atoms with Crippen LogP contribution in [0.2, 0.25) is 0 Å². The smallest absolute Gasteiger partial charge is 0.253 e. The molecule has 1 fully saturated rings. The topological polar surface area (TPSA) is 62.3 Å². The normalized spacial score (nSPS) is 16.4. The minimum atomic E-state index is -0.101. The maximum Gasteiger partial charge on any atom is 0.253 e. The zero-order valence-corrected chi connectivity index (χ0v) is 11.6. The molecule has 2 amide bonds. The molecule has 1 aromatic heterocycles. The Balaban J connectivity index is 1.83. The third-order valence-corrected chi connectivity index (χ3v) is 3.37. The largest absolute Gasteiger partial charge is 0.349 e. The number of allylic oxidation sites excluding steroid dienone is 1. The van der Waals surface area contributed by atoms with Crippen molar-refractivity contribution in [2.75, 3.05) is 13.1 Å². The van der Waals surface area contributed by atoms with Crippen LogP contribution in [-0.2, 0) is 4.79 Å². The number of aromatic nitrogens is 1. The first-order valence-corrected chi connectivity index (χ1v) is 6.83. The Kier molecular flexibility index (Phi) is 4.87. The third kappa shape index (κ3) is 3.66. The van der Waals surface area contributed by atoms with Gasteiger partial charge in [0.15, 0.2) is 0 Å². The van der Waals surface area contributed by atoms with Gasteiger partial charge in [-0.1, -0.05) is 6.08 Å². The number of piperidine rings is 1. The van der Waals surface area contributed by atoms with Crippen LogP contribution in [0.15, 0.2) is 36.7 Å². The summed E-state index contributed by atoms with van der Waals surface area (Å²) in [4.78, 5) is 29.4. The van der Waals surface area contributed by atoms with Gasteiger partial charge < -0.3 is 10.2 Å². The van der Waals surface area contributed by atoms with E-state index in [9.17, 15) is 9.59 Å². The van der Waals surface area contributed by atoms with Crippen molar-refractivity contribution >= 4 is 11.8 Å². The molecule has 1 N–H and O–H groups in total. The zero-order valence-electron chi connectivity index (χ0n) is 11.6. The van der Waals surface area contributed by atoms with Gasteiger partial charge in [0, 0.05) is 31.5 Å². The second-order valence-corrected chi connectivity index (χ2v) is 4.81. The number of nitrogens with one attached hydrogen (secondary N) is 1. The number of pyridine rings is 1. The van der Waals surface area contributed by atoms with Crippen molar-refractivity contribution in [2.24, 2.45) is 0 Å². The number of likely N-dealkylation sites (tertiary alicyclic amines) is 1. The van der Waals surface area contributed by atoms with Crippen molar-refractivity contribution in [1.29, 1.82) is 0 Å². The molecule has 0 atom stereocenters. The Morgan fingerprint density at radius 1 is 1.40 bits per heavy atom. The van der Waals surface area contributed by atoms with E-state index in [4.69, 9.17) is 0 Å². The molecule has 1 aromatic rings. The van der Waals surface area contributed by atoms with E-state index in [0.717, 1.165) is 12.8 Å². The second-order valence-electron chi connectivity index (χ2n) is 4.81. The van der Waals surface area contributed by atoms with Crippen molar-refractivity contribution in [3.63, 3.8) is 0 Å². The summed E-state index contributed by atoms with van der Waals surface area (Å²) in [7, 11) is 0. The summed E-state index contributed by atoms with van der Waals surface area (Å²) in [6.45, 7) is 3.20. The summed E-state index contributed by atoms with van der Waals surface area (Å²) in [5.74, 6) is -0.0548. The molecular formula is C15H19N3O2. The first-order valence-electron chi connectivity index (χ1n) is 6.83. The van der Waals surface area contributed by atoms with Crippen LogP contribution in [0.4, 0.5) is 0 Å². The Hall–Kier alpha value is -2.17. The van der Waals surface area contributed by atoms with Crippen LogP contribution < -0.4 is 5.32 Å². The van der Waals surface area contributed by atoms with Crippen molar-refractivity contribution in [1.82, 2.24) is 15.2 Å². The van der Waals surface area contributed by atoms with Gasteiger partial charge in [-0.25, -0.2) is 0 Å². The molecule has 2 heterocycles. The molecule has 1 saturated heterocycles. The second kappa shape index (κ2) is 6.84. The van der Waals surface area contributed by atoms with Crippen LogP contribution in [0.25, 0.3) is 0 Å². The van der Waals surface area contributed by atoms with Gasteiger partial charge in [0.05, 0.1) is 5.56 Å². The Bertz CT molecular complexity index is 491. The lowest BCUT2D eigenvalue weighted by Gasteiger charge is -2.31. The highest BCUT2D eigenvalue weighted by molar-refractivity contribution is 5.94. The molecule has 0 aromatic carbocycles. The summed E-state index contributed by atoms with van der Waals surface area (Å²) in [5, 5.41) is 2.99. The molecule has 0 bridgehead atoms.